The highest BCUT2D eigenvalue weighted by Crippen LogP contribution is 2.33. The normalized spacial score (nSPS) is 12.2. The number of aromatic nitrogens is 2. The standard InChI is InChI=1S/C9H7F3N2O2/c10-9(11,12)6-2-13-8(16)7-5(6)1-4(3-15)14-7/h1-2,14-15H,3H2,(H,13,16). The van der Waals surface area contributed by atoms with Crippen molar-refractivity contribution in [3.05, 3.63) is 33.9 Å². The third-order valence-electron chi connectivity index (χ3n) is 2.21. The monoisotopic (exact) mass is 232 g/mol. The zero-order chi connectivity index (χ0) is 11.9. The summed E-state index contributed by atoms with van der Waals surface area (Å²) in [6.45, 7) is -0.453. The maximum atomic E-state index is 12.6. The van der Waals surface area contributed by atoms with Crippen molar-refractivity contribution in [2.45, 2.75) is 12.8 Å². The Morgan fingerprint density at radius 2 is 2.06 bits per heavy atom. The second-order valence-electron chi connectivity index (χ2n) is 3.27. The molecular weight excluding hydrogens is 225 g/mol. The molecule has 2 rings (SSSR count). The number of hydrogen-bond acceptors (Lipinski definition) is 2. The molecule has 0 unspecified atom stereocenters. The molecule has 7 heteroatoms. The van der Waals surface area contributed by atoms with E-state index in [2.05, 4.69) is 4.98 Å². The Kier molecular flexibility index (Phi) is 2.27. The molecule has 16 heavy (non-hydrogen) atoms. The summed E-state index contributed by atoms with van der Waals surface area (Å²) >= 11 is 0. The number of halogens is 3. The van der Waals surface area contributed by atoms with E-state index in [-0.39, 0.29) is 16.6 Å². The van der Waals surface area contributed by atoms with E-state index in [1.54, 1.807) is 0 Å². The second-order valence-corrected chi connectivity index (χ2v) is 3.27. The van der Waals surface area contributed by atoms with Crippen molar-refractivity contribution >= 4 is 10.9 Å². The molecule has 2 heterocycles. The highest BCUT2D eigenvalue weighted by molar-refractivity contribution is 5.83. The van der Waals surface area contributed by atoms with Crippen LogP contribution in [0.15, 0.2) is 17.1 Å². The topological polar surface area (TPSA) is 68.9 Å². The molecule has 2 aromatic heterocycles. The molecule has 0 aliphatic carbocycles. The maximum absolute atomic E-state index is 12.6. The first-order chi connectivity index (χ1) is 7.43. The molecule has 0 saturated heterocycles. The van der Waals surface area contributed by atoms with E-state index in [1.807, 2.05) is 4.98 Å². The van der Waals surface area contributed by atoms with Gasteiger partial charge in [0.1, 0.15) is 5.52 Å². The van der Waals surface area contributed by atoms with Gasteiger partial charge in [0.2, 0.25) is 0 Å². The van der Waals surface area contributed by atoms with Crippen molar-refractivity contribution in [1.29, 1.82) is 0 Å². The number of hydrogen-bond donors (Lipinski definition) is 3. The van der Waals surface area contributed by atoms with Crippen LogP contribution in [0.1, 0.15) is 11.3 Å². The van der Waals surface area contributed by atoms with Gasteiger partial charge in [-0.05, 0) is 6.07 Å². The van der Waals surface area contributed by atoms with Crippen LogP contribution in [0, 0.1) is 0 Å². The first-order valence-electron chi connectivity index (χ1n) is 4.35. The lowest BCUT2D eigenvalue weighted by molar-refractivity contribution is -0.136. The minimum atomic E-state index is -4.54. The number of fused-ring (bicyclic) bond motifs is 1. The first kappa shape index (κ1) is 10.7. The van der Waals surface area contributed by atoms with Gasteiger partial charge in [-0.1, -0.05) is 0 Å². The summed E-state index contributed by atoms with van der Waals surface area (Å²) < 4.78 is 37.7. The first-order valence-corrected chi connectivity index (χ1v) is 4.35. The lowest BCUT2D eigenvalue weighted by atomic mass is 10.2. The molecule has 0 aromatic carbocycles. The Labute approximate surface area is 86.7 Å². The summed E-state index contributed by atoms with van der Waals surface area (Å²) in [7, 11) is 0. The fraction of sp³-hybridized carbons (Fsp3) is 0.222. The average Bonchev–Trinajstić information content (AvgIpc) is 2.60. The van der Waals surface area contributed by atoms with Crippen LogP contribution in [0.25, 0.3) is 10.9 Å². The average molecular weight is 232 g/mol. The number of aliphatic hydroxyl groups excluding tert-OH is 1. The number of nitrogens with one attached hydrogen (secondary N) is 2. The van der Waals surface area contributed by atoms with Crippen LogP contribution in [0.4, 0.5) is 13.2 Å². The molecule has 0 saturated carbocycles. The zero-order valence-corrected chi connectivity index (χ0v) is 7.85. The Hall–Kier alpha value is -1.76. The summed E-state index contributed by atoms with van der Waals surface area (Å²) in [5.74, 6) is 0. The van der Waals surface area contributed by atoms with Crippen molar-refractivity contribution < 1.29 is 18.3 Å². The van der Waals surface area contributed by atoms with Gasteiger partial charge in [0, 0.05) is 17.3 Å². The fourth-order valence-corrected chi connectivity index (χ4v) is 1.51. The van der Waals surface area contributed by atoms with Crippen LogP contribution in [0.5, 0.6) is 0 Å². The van der Waals surface area contributed by atoms with E-state index in [9.17, 15) is 18.0 Å². The second kappa shape index (κ2) is 3.38. The van der Waals surface area contributed by atoms with Gasteiger partial charge in [-0.15, -0.1) is 0 Å². The van der Waals surface area contributed by atoms with Gasteiger partial charge in [0.15, 0.2) is 0 Å². The van der Waals surface area contributed by atoms with Crippen LogP contribution in [-0.2, 0) is 12.8 Å². The molecule has 2 aromatic rings. The molecule has 4 nitrogen and oxygen atoms in total. The molecule has 0 aliphatic rings. The van der Waals surface area contributed by atoms with Crippen molar-refractivity contribution in [2.75, 3.05) is 0 Å². The van der Waals surface area contributed by atoms with Crippen LogP contribution in [-0.4, -0.2) is 15.1 Å². The van der Waals surface area contributed by atoms with Crippen molar-refractivity contribution in [2.24, 2.45) is 0 Å². The Morgan fingerprint density at radius 3 is 2.62 bits per heavy atom. The maximum Gasteiger partial charge on any atom is 0.418 e. The van der Waals surface area contributed by atoms with Gasteiger partial charge in [-0.2, -0.15) is 13.2 Å². The molecule has 0 amide bonds. The third-order valence-corrected chi connectivity index (χ3v) is 2.21. The van der Waals surface area contributed by atoms with E-state index < -0.39 is 23.9 Å². The lowest BCUT2D eigenvalue weighted by Crippen LogP contribution is -2.12. The summed E-state index contributed by atoms with van der Waals surface area (Å²) in [5, 5.41) is 8.56. The summed E-state index contributed by atoms with van der Waals surface area (Å²) in [5.41, 5.74) is -1.60. The van der Waals surface area contributed by atoms with Gasteiger partial charge in [0.25, 0.3) is 5.56 Å². The number of pyridine rings is 1. The number of H-pyrrole nitrogens is 2. The summed E-state index contributed by atoms with van der Waals surface area (Å²) in [6, 6.07) is 1.12. The molecular formula is C9H7F3N2O2. The smallest absolute Gasteiger partial charge is 0.390 e. The highest BCUT2D eigenvalue weighted by Gasteiger charge is 2.33. The largest absolute Gasteiger partial charge is 0.418 e. The minimum absolute atomic E-state index is 0.164. The zero-order valence-electron chi connectivity index (χ0n) is 7.85. The number of alkyl halides is 3. The minimum Gasteiger partial charge on any atom is -0.390 e. The van der Waals surface area contributed by atoms with Crippen molar-refractivity contribution in [3.8, 4) is 0 Å². The van der Waals surface area contributed by atoms with E-state index in [1.165, 1.54) is 0 Å². The van der Waals surface area contributed by atoms with Crippen molar-refractivity contribution in [3.63, 3.8) is 0 Å². The van der Waals surface area contributed by atoms with Crippen LogP contribution >= 0.6 is 0 Å². The number of aliphatic hydroxyl groups is 1. The SMILES string of the molecule is O=c1[nH]cc(C(F)(F)F)c2cc(CO)[nH]c12. The van der Waals surface area contributed by atoms with Gasteiger partial charge in [-0.3, -0.25) is 4.79 Å². The highest BCUT2D eigenvalue weighted by atomic mass is 19.4. The van der Waals surface area contributed by atoms with Gasteiger partial charge >= 0.3 is 6.18 Å². The van der Waals surface area contributed by atoms with Gasteiger partial charge < -0.3 is 15.1 Å². The molecule has 0 aliphatic heterocycles. The predicted octanol–water partition coefficient (Wildman–Crippen LogP) is 1.37. The molecule has 3 N–H and O–H groups in total. The van der Waals surface area contributed by atoms with Crippen LogP contribution in [0.2, 0.25) is 0 Å². The lowest BCUT2D eigenvalue weighted by Gasteiger charge is -2.06. The molecule has 0 fully saturated rings. The molecule has 0 bridgehead atoms. The van der Waals surface area contributed by atoms with E-state index in [0.29, 0.717) is 6.20 Å². The number of aromatic amines is 2. The van der Waals surface area contributed by atoms with Crippen LogP contribution < -0.4 is 5.56 Å². The Morgan fingerprint density at radius 1 is 1.38 bits per heavy atom. The van der Waals surface area contributed by atoms with Crippen LogP contribution in [0.3, 0.4) is 0 Å². The van der Waals surface area contributed by atoms with Gasteiger partial charge in [0.05, 0.1) is 12.2 Å². The Bertz CT molecular complexity index is 582. The Balaban J connectivity index is 2.83. The van der Waals surface area contributed by atoms with E-state index in [0.717, 1.165) is 6.07 Å². The summed E-state index contributed by atoms with van der Waals surface area (Å²) in [6.07, 6.45) is -3.92. The predicted molar refractivity (Wildman–Crippen MR) is 49.8 cm³/mol. The van der Waals surface area contributed by atoms with Gasteiger partial charge in [-0.25, -0.2) is 0 Å². The van der Waals surface area contributed by atoms with E-state index >= 15 is 0 Å². The fourth-order valence-electron chi connectivity index (χ4n) is 1.51. The molecule has 86 valence electrons. The van der Waals surface area contributed by atoms with E-state index in [4.69, 9.17) is 5.11 Å². The molecule has 0 radical (unpaired) electrons. The molecule has 0 spiro atoms. The third kappa shape index (κ3) is 1.58. The van der Waals surface area contributed by atoms with Crippen molar-refractivity contribution in [1.82, 2.24) is 9.97 Å². The molecule has 0 atom stereocenters. The number of rotatable bonds is 1. The quantitative estimate of drug-likeness (QED) is 0.695. The summed E-state index contributed by atoms with van der Waals surface area (Å²) in [4.78, 5) is 15.7.